The highest BCUT2D eigenvalue weighted by atomic mass is 16.5. The van der Waals surface area contributed by atoms with Gasteiger partial charge in [0.2, 0.25) is 5.91 Å². The van der Waals surface area contributed by atoms with Crippen molar-refractivity contribution in [2.24, 2.45) is 0 Å². The molecule has 2 amide bonds. The molecule has 0 aromatic carbocycles. The molecule has 0 radical (unpaired) electrons. The molecule has 33 heavy (non-hydrogen) atoms. The smallest absolute Gasteiger partial charge is 0.272 e. The lowest BCUT2D eigenvalue weighted by atomic mass is 9.92. The van der Waals surface area contributed by atoms with Gasteiger partial charge in [0.15, 0.2) is 6.29 Å². The maximum absolute atomic E-state index is 12.8. The van der Waals surface area contributed by atoms with Gasteiger partial charge in [-0.2, -0.15) is 5.10 Å². The van der Waals surface area contributed by atoms with Gasteiger partial charge in [-0.05, 0) is 52.1 Å². The second kappa shape index (κ2) is 10.8. The predicted molar refractivity (Wildman–Crippen MR) is 125 cm³/mol. The zero-order chi connectivity index (χ0) is 24.0. The molecule has 3 heterocycles. The Labute approximate surface area is 195 Å². The number of nitrogens with one attached hydrogen (secondary N) is 1. The first kappa shape index (κ1) is 24.7. The number of carbonyl (C=O) groups excluding carboxylic acids is 3. The molecule has 1 N–H and O–H groups in total. The van der Waals surface area contributed by atoms with Gasteiger partial charge in [-0.15, -0.1) is 0 Å². The van der Waals surface area contributed by atoms with Crippen LogP contribution < -0.4 is 5.32 Å². The summed E-state index contributed by atoms with van der Waals surface area (Å²) in [5.41, 5.74) is -0.454. The van der Waals surface area contributed by atoms with E-state index in [1.54, 1.807) is 14.0 Å². The Hall–Kier alpha value is -2.94. The molecule has 9 heteroatoms. The van der Waals surface area contributed by atoms with E-state index in [2.05, 4.69) is 15.3 Å². The van der Waals surface area contributed by atoms with Gasteiger partial charge in [0.25, 0.3) is 5.91 Å². The standard InChI is InChI=1S/C16H22N4O3.C8H13NO/c1-16(15(23)17-11-6-4-3-5-7-11)10-20-13(14(22)19(16)2)8-12(9-21)18-20;1-9(2)7-8-5-3-4-6-10-8/h8-9,11H,3-7,10H2,1-2H3,(H,17,23);3-5H,6-7H2,1-2H3. The fourth-order valence-electron chi connectivity index (χ4n) is 4.24. The molecule has 9 nitrogen and oxygen atoms in total. The zero-order valence-corrected chi connectivity index (χ0v) is 20.0. The Morgan fingerprint density at radius 1 is 1.33 bits per heavy atom. The van der Waals surface area contributed by atoms with Crippen molar-refractivity contribution < 1.29 is 19.1 Å². The van der Waals surface area contributed by atoms with Crippen molar-refractivity contribution in [1.82, 2.24) is 24.9 Å². The third-order valence-corrected chi connectivity index (χ3v) is 6.33. The van der Waals surface area contributed by atoms with E-state index in [1.807, 2.05) is 32.3 Å². The van der Waals surface area contributed by atoms with Crippen molar-refractivity contribution in [3.8, 4) is 0 Å². The minimum absolute atomic E-state index is 0.158. The van der Waals surface area contributed by atoms with E-state index in [1.165, 1.54) is 22.1 Å². The highest BCUT2D eigenvalue weighted by Crippen LogP contribution is 2.27. The number of amides is 2. The van der Waals surface area contributed by atoms with Crippen LogP contribution >= 0.6 is 0 Å². The number of ether oxygens (including phenoxy) is 1. The molecular formula is C24H35N5O4. The SMILES string of the molecule is CN(C)CC1=CC=CCO1.CN1C(=O)c2cc(C=O)nn2CC1(C)C(=O)NC1CCCCC1. The molecule has 1 fully saturated rings. The number of nitrogens with zero attached hydrogens (tertiary/aromatic N) is 4. The first-order valence-electron chi connectivity index (χ1n) is 11.5. The van der Waals surface area contributed by atoms with E-state index in [0.717, 1.165) is 44.6 Å². The van der Waals surface area contributed by atoms with Gasteiger partial charge in [-0.25, -0.2) is 0 Å². The number of allylic oxidation sites excluding steroid dienone is 2. The Kier molecular flexibility index (Phi) is 8.07. The number of hydrogen-bond donors (Lipinski definition) is 1. The molecule has 2 aliphatic heterocycles. The van der Waals surface area contributed by atoms with Crippen LogP contribution in [-0.2, 0) is 16.1 Å². The molecule has 0 saturated heterocycles. The number of carbonyl (C=O) groups is 3. The molecule has 1 aromatic rings. The summed E-state index contributed by atoms with van der Waals surface area (Å²) >= 11 is 0. The van der Waals surface area contributed by atoms with Crippen molar-refractivity contribution in [2.45, 2.75) is 57.2 Å². The number of aldehydes is 1. The lowest BCUT2D eigenvalue weighted by Crippen LogP contribution is -2.63. The van der Waals surface area contributed by atoms with Crippen molar-refractivity contribution in [3.63, 3.8) is 0 Å². The Bertz CT molecular complexity index is 929. The molecule has 1 atom stereocenters. The van der Waals surface area contributed by atoms with Crippen molar-refractivity contribution in [1.29, 1.82) is 0 Å². The summed E-state index contributed by atoms with van der Waals surface area (Å²) < 4.78 is 6.79. The lowest BCUT2D eigenvalue weighted by molar-refractivity contribution is -0.133. The van der Waals surface area contributed by atoms with Gasteiger partial charge >= 0.3 is 0 Å². The summed E-state index contributed by atoms with van der Waals surface area (Å²) in [5, 5.41) is 7.19. The molecule has 0 bridgehead atoms. The lowest BCUT2D eigenvalue weighted by Gasteiger charge is -2.41. The minimum Gasteiger partial charge on any atom is -0.493 e. The van der Waals surface area contributed by atoms with Gasteiger partial charge in [0, 0.05) is 13.1 Å². The van der Waals surface area contributed by atoms with Gasteiger partial charge < -0.3 is 19.9 Å². The summed E-state index contributed by atoms with van der Waals surface area (Å²) in [5.74, 6) is 0.597. The number of hydrogen-bond acceptors (Lipinski definition) is 6. The first-order valence-corrected chi connectivity index (χ1v) is 11.5. The van der Waals surface area contributed by atoms with Crippen molar-refractivity contribution >= 4 is 18.1 Å². The second-order valence-electron chi connectivity index (χ2n) is 9.29. The molecule has 1 aromatic heterocycles. The minimum atomic E-state index is -1.01. The maximum atomic E-state index is 12.8. The fraction of sp³-hybridized carbons (Fsp3) is 0.583. The van der Waals surface area contributed by atoms with Gasteiger partial charge in [-0.1, -0.05) is 25.3 Å². The monoisotopic (exact) mass is 457 g/mol. The number of rotatable bonds is 5. The summed E-state index contributed by atoms with van der Waals surface area (Å²) in [6, 6.07) is 1.64. The third kappa shape index (κ3) is 5.90. The van der Waals surface area contributed by atoms with Crippen LogP contribution in [-0.4, -0.2) is 83.6 Å². The van der Waals surface area contributed by atoms with Gasteiger partial charge in [0.1, 0.15) is 29.3 Å². The van der Waals surface area contributed by atoms with Crippen LogP contribution in [0.4, 0.5) is 0 Å². The summed E-state index contributed by atoms with van der Waals surface area (Å²) in [6.07, 6.45) is 12.1. The van der Waals surface area contributed by atoms with E-state index in [4.69, 9.17) is 4.74 Å². The average molecular weight is 458 g/mol. The highest BCUT2D eigenvalue weighted by Gasteiger charge is 2.46. The van der Waals surface area contributed by atoms with Gasteiger partial charge in [-0.3, -0.25) is 19.1 Å². The van der Waals surface area contributed by atoms with Gasteiger partial charge in [0.05, 0.1) is 13.1 Å². The molecule has 1 aliphatic carbocycles. The predicted octanol–water partition coefficient (Wildman–Crippen LogP) is 2.01. The van der Waals surface area contributed by atoms with E-state index in [9.17, 15) is 14.4 Å². The molecule has 180 valence electrons. The van der Waals surface area contributed by atoms with E-state index >= 15 is 0 Å². The number of likely N-dealkylation sites (N-methyl/N-ethyl adjacent to an activating group) is 2. The highest BCUT2D eigenvalue weighted by molar-refractivity contribution is 6.00. The molecule has 1 unspecified atom stereocenters. The summed E-state index contributed by atoms with van der Waals surface area (Å²) in [7, 11) is 5.69. The molecular weight excluding hydrogens is 422 g/mol. The van der Waals surface area contributed by atoms with Crippen LogP contribution in [0.2, 0.25) is 0 Å². The Morgan fingerprint density at radius 2 is 2.06 bits per heavy atom. The van der Waals surface area contributed by atoms with Crippen molar-refractivity contribution in [3.05, 3.63) is 41.4 Å². The van der Waals surface area contributed by atoms with E-state index in [0.29, 0.717) is 12.0 Å². The normalized spacial score (nSPS) is 22.6. The summed E-state index contributed by atoms with van der Waals surface area (Å²) in [4.78, 5) is 39.8. The van der Waals surface area contributed by atoms with E-state index in [-0.39, 0.29) is 30.1 Å². The van der Waals surface area contributed by atoms with Crippen LogP contribution in [0.3, 0.4) is 0 Å². The Morgan fingerprint density at radius 3 is 2.67 bits per heavy atom. The fourth-order valence-corrected chi connectivity index (χ4v) is 4.24. The largest absolute Gasteiger partial charge is 0.493 e. The molecule has 3 aliphatic rings. The topological polar surface area (TPSA) is 96.8 Å². The quantitative estimate of drug-likeness (QED) is 0.680. The van der Waals surface area contributed by atoms with Crippen LogP contribution in [0, 0.1) is 0 Å². The third-order valence-electron chi connectivity index (χ3n) is 6.33. The van der Waals surface area contributed by atoms with Crippen LogP contribution in [0.5, 0.6) is 0 Å². The number of fused-ring (bicyclic) bond motifs is 1. The van der Waals surface area contributed by atoms with Crippen LogP contribution in [0.25, 0.3) is 0 Å². The second-order valence-corrected chi connectivity index (χ2v) is 9.29. The number of aromatic nitrogens is 2. The van der Waals surface area contributed by atoms with Crippen LogP contribution in [0.15, 0.2) is 30.1 Å². The summed E-state index contributed by atoms with van der Waals surface area (Å²) in [6.45, 7) is 3.61. The van der Waals surface area contributed by atoms with E-state index < -0.39 is 5.54 Å². The maximum Gasteiger partial charge on any atom is 0.272 e. The molecule has 0 spiro atoms. The molecule has 1 saturated carbocycles. The first-order chi connectivity index (χ1) is 15.7. The van der Waals surface area contributed by atoms with Crippen LogP contribution in [0.1, 0.15) is 60.0 Å². The molecule has 4 rings (SSSR count). The average Bonchev–Trinajstić information content (AvgIpc) is 3.22. The zero-order valence-electron chi connectivity index (χ0n) is 20.0. The van der Waals surface area contributed by atoms with Crippen molar-refractivity contribution in [2.75, 3.05) is 34.3 Å². The Balaban J connectivity index is 0.000000257.